The van der Waals surface area contributed by atoms with Gasteiger partial charge in [-0.15, -0.1) is 11.8 Å². The molecule has 2 rings (SSSR count). The maximum atomic E-state index is 12.2. The number of thioether (sulfide) groups is 1. The second-order valence-corrected chi connectivity index (χ2v) is 8.95. The zero-order chi connectivity index (χ0) is 22.6. The van der Waals surface area contributed by atoms with E-state index in [-0.39, 0.29) is 30.4 Å². The van der Waals surface area contributed by atoms with Gasteiger partial charge in [-0.3, -0.25) is 14.4 Å². The minimum Gasteiger partial charge on any atom is -0.384 e. The zero-order valence-corrected chi connectivity index (χ0v) is 18.7. The Bertz CT molecular complexity index is 713. The van der Waals surface area contributed by atoms with Crippen molar-refractivity contribution in [3.05, 3.63) is 35.9 Å². The van der Waals surface area contributed by atoms with E-state index in [0.29, 0.717) is 38.2 Å². The number of amides is 2. The monoisotopic (exact) mass is 450 g/mol. The molecule has 1 aliphatic rings. The third-order valence-electron chi connectivity index (χ3n) is 5.26. The fourth-order valence-electron chi connectivity index (χ4n) is 3.39. The van der Waals surface area contributed by atoms with Gasteiger partial charge in [-0.2, -0.15) is 0 Å². The molecule has 1 saturated heterocycles. The Morgan fingerprint density at radius 1 is 1.13 bits per heavy atom. The molecule has 1 heterocycles. The molecule has 1 aliphatic heterocycles. The van der Waals surface area contributed by atoms with E-state index in [1.54, 1.807) is 16.7 Å². The molecule has 0 saturated carbocycles. The molecule has 0 bridgehead atoms. The lowest BCUT2D eigenvalue weighted by Gasteiger charge is -2.19. The minimum atomic E-state index is -1.17. The molecule has 0 spiro atoms. The lowest BCUT2D eigenvalue weighted by molar-refractivity contribution is -0.133. The maximum absolute atomic E-state index is 12.2. The number of aliphatic hydroxyl groups is 1. The van der Waals surface area contributed by atoms with Crippen molar-refractivity contribution in [2.45, 2.75) is 56.7 Å². The quantitative estimate of drug-likeness (QED) is 0.319. The van der Waals surface area contributed by atoms with Crippen molar-refractivity contribution in [1.82, 2.24) is 10.2 Å². The highest BCUT2D eigenvalue weighted by atomic mass is 32.2. The normalized spacial score (nSPS) is 16.5. The maximum Gasteiger partial charge on any atom is 0.240 e. The number of nitrogens with one attached hydrogen (secondary N) is 1. The van der Waals surface area contributed by atoms with Crippen LogP contribution in [0.1, 0.15) is 37.7 Å². The van der Waals surface area contributed by atoms with Crippen molar-refractivity contribution in [3.63, 3.8) is 0 Å². The van der Waals surface area contributed by atoms with Crippen LogP contribution in [0.5, 0.6) is 0 Å². The second kappa shape index (κ2) is 13.5. The molecular formula is C22H34N4O4S. The smallest absolute Gasteiger partial charge is 0.240 e. The molecule has 1 aromatic rings. The van der Waals surface area contributed by atoms with Gasteiger partial charge >= 0.3 is 0 Å². The largest absolute Gasteiger partial charge is 0.384 e. The first-order chi connectivity index (χ1) is 14.9. The van der Waals surface area contributed by atoms with Crippen LogP contribution in [0.2, 0.25) is 0 Å². The SMILES string of the molecule is NC(CC(=O)NCCCCCC(=O)C(O)C(N)Cc1ccccc1)C(=O)N1CCSC1. The van der Waals surface area contributed by atoms with Gasteiger partial charge in [-0.25, -0.2) is 0 Å². The van der Waals surface area contributed by atoms with E-state index in [9.17, 15) is 19.5 Å². The van der Waals surface area contributed by atoms with Gasteiger partial charge in [0.2, 0.25) is 11.8 Å². The standard InChI is InChI=1S/C22H34N4O4S/c23-17(13-16-7-3-1-4-8-16)21(29)19(27)9-5-2-6-10-25-20(28)14-18(24)22(30)26-11-12-31-15-26/h1,3-4,7-8,17-18,21,29H,2,5-6,9-15,23-24H2,(H,25,28). The number of carbonyl (C=O) groups is 3. The number of hydrogen-bond donors (Lipinski definition) is 4. The minimum absolute atomic E-state index is 0.0238. The van der Waals surface area contributed by atoms with E-state index >= 15 is 0 Å². The number of rotatable bonds is 13. The first-order valence-electron chi connectivity index (χ1n) is 10.8. The van der Waals surface area contributed by atoms with Crippen molar-refractivity contribution in [2.24, 2.45) is 11.5 Å². The van der Waals surface area contributed by atoms with E-state index in [0.717, 1.165) is 17.7 Å². The number of aliphatic hydroxyl groups excluding tert-OH is 1. The van der Waals surface area contributed by atoms with Crippen molar-refractivity contribution in [3.8, 4) is 0 Å². The van der Waals surface area contributed by atoms with Crippen LogP contribution in [-0.4, -0.2) is 70.5 Å². The first-order valence-corrected chi connectivity index (χ1v) is 11.9. The van der Waals surface area contributed by atoms with Crippen LogP contribution in [0, 0.1) is 0 Å². The fourth-order valence-corrected chi connectivity index (χ4v) is 4.35. The zero-order valence-electron chi connectivity index (χ0n) is 17.9. The van der Waals surface area contributed by atoms with Crippen molar-refractivity contribution in [2.75, 3.05) is 24.7 Å². The van der Waals surface area contributed by atoms with Gasteiger partial charge < -0.3 is 26.8 Å². The molecule has 2 amide bonds. The van der Waals surface area contributed by atoms with Crippen LogP contribution >= 0.6 is 11.8 Å². The molecule has 31 heavy (non-hydrogen) atoms. The van der Waals surface area contributed by atoms with Gasteiger partial charge in [0, 0.05) is 31.3 Å². The Labute approximate surface area is 188 Å². The lowest BCUT2D eigenvalue weighted by atomic mass is 9.97. The van der Waals surface area contributed by atoms with Gasteiger partial charge in [0.15, 0.2) is 5.78 Å². The average Bonchev–Trinajstić information content (AvgIpc) is 3.30. The summed E-state index contributed by atoms with van der Waals surface area (Å²) in [6.45, 7) is 1.15. The highest BCUT2D eigenvalue weighted by molar-refractivity contribution is 7.99. The highest BCUT2D eigenvalue weighted by Crippen LogP contribution is 2.14. The Morgan fingerprint density at radius 3 is 2.55 bits per heavy atom. The van der Waals surface area contributed by atoms with E-state index in [1.165, 1.54) is 0 Å². The number of unbranched alkanes of at least 4 members (excludes halogenated alkanes) is 2. The molecule has 0 aliphatic carbocycles. The predicted octanol–water partition coefficient (Wildman–Crippen LogP) is 0.413. The third kappa shape index (κ3) is 8.98. The van der Waals surface area contributed by atoms with E-state index in [2.05, 4.69) is 5.32 Å². The highest BCUT2D eigenvalue weighted by Gasteiger charge is 2.25. The number of ketones is 1. The van der Waals surface area contributed by atoms with Gasteiger partial charge in [0.25, 0.3) is 0 Å². The summed E-state index contributed by atoms with van der Waals surface area (Å²) < 4.78 is 0. The summed E-state index contributed by atoms with van der Waals surface area (Å²) in [4.78, 5) is 37.9. The van der Waals surface area contributed by atoms with Gasteiger partial charge in [-0.05, 0) is 24.8 Å². The molecule has 6 N–H and O–H groups in total. The van der Waals surface area contributed by atoms with Crippen molar-refractivity contribution >= 4 is 29.4 Å². The molecule has 0 radical (unpaired) electrons. The third-order valence-corrected chi connectivity index (χ3v) is 6.22. The summed E-state index contributed by atoms with van der Waals surface area (Å²) in [6.07, 6.45) is 1.57. The Kier molecular flexibility index (Phi) is 11.0. The average molecular weight is 451 g/mol. The van der Waals surface area contributed by atoms with Crippen LogP contribution in [0.4, 0.5) is 0 Å². The summed E-state index contributed by atoms with van der Waals surface area (Å²) in [5, 5.41) is 12.9. The van der Waals surface area contributed by atoms with Crippen LogP contribution in [-0.2, 0) is 20.8 Å². The summed E-state index contributed by atoms with van der Waals surface area (Å²) >= 11 is 1.68. The molecular weight excluding hydrogens is 416 g/mol. The lowest BCUT2D eigenvalue weighted by Crippen LogP contribution is -2.45. The van der Waals surface area contributed by atoms with E-state index in [1.807, 2.05) is 30.3 Å². The number of Topliss-reactive ketones (excluding diaryl/α,β-unsaturated/α-hetero) is 1. The molecule has 172 valence electrons. The Hall–Kier alpha value is -1.94. The fraction of sp³-hybridized carbons (Fsp3) is 0.591. The first kappa shape index (κ1) is 25.3. The molecule has 1 fully saturated rings. The van der Waals surface area contributed by atoms with Crippen LogP contribution in [0.25, 0.3) is 0 Å². The number of hydrogen-bond acceptors (Lipinski definition) is 7. The number of carbonyl (C=O) groups excluding carboxylic acids is 3. The van der Waals surface area contributed by atoms with Crippen LogP contribution < -0.4 is 16.8 Å². The number of nitrogens with zero attached hydrogens (tertiary/aromatic N) is 1. The summed E-state index contributed by atoms with van der Waals surface area (Å²) in [5.41, 5.74) is 12.8. The molecule has 0 aromatic heterocycles. The second-order valence-electron chi connectivity index (χ2n) is 7.87. The Morgan fingerprint density at radius 2 is 1.87 bits per heavy atom. The molecule has 3 unspecified atom stereocenters. The van der Waals surface area contributed by atoms with Gasteiger partial charge in [-0.1, -0.05) is 36.8 Å². The number of nitrogens with two attached hydrogens (primary N) is 2. The molecule has 9 heteroatoms. The van der Waals surface area contributed by atoms with Crippen molar-refractivity contribution in [1.29, 1.82) is 0 Å². The Balaban J connectivity index is 1.54. The predicted molar refractivity (Wildman–Crippen MR) is 122 cm³/mol. The van der Waals surface area contributed by atoms with Crippen molar-refractivity contribution < 1.29 is 19.5 Å². The molecule has 8 nitrogen and oxygen atoms in total. The molecule has 3 atom stereocenters. The summed E-state index contributed by atoms with van der Waals surface area (Å²) in [7, 11) is 0. The van der Waals surface area contributed by atoms with E-state index < -0.39 is 18.2 Å². The molecule has 1 aromatic carbocycles. The van der Waals surface area contributed by atoms with Gasteiger partial charge in [0.1, 0.15) is 6.10 Å². The summed E-state index contributed by atoms with van der Waals surface area (Å²) in [6, 6.07) is 8.10. The topological polar surface area (TPSA) is 139 Å². The summed E-state index contributed by atoms with van der Waals surface area (Å²) in [5.74, 6) is 0.868. The van der Waals surface area contributed by atoms with Crippen LogP contribution in [0.3, 0.4) is 0 Å². The van der Waals surface area contributed by atoms with Crippen LogP contribution in [0.15, 0.2) is 30.3 Å². The van der Waals surface area contributed by atoms with E-state index in [4.69, 9.17) is 11.5 Å². The number of benzene rings is 1. The van der Waals surface area contributed by atoms with Gasteiger partial charge in [0.05, 0.1) is 18.3 Å².